The van der Waals surface area contributed by atoms with Crippen molar-refractivity contribution in [3.63, 3.8) is 0 Å². The standard InChI is InChI=1S/C13H24N2O3/c1-9(2)10(3)14-12(16)8-15-6-4-5-11(7-15)13(17)18/h9-11H,4-8H2,1-3H3,(H,14,16)(H,17,18). The van der Waals surface area contributed by atoms with Crippen LogP contribution in [0.25, 0.3) is 0 Å². The van der Waals surface area contributed by atoms with E-state index in [9.17, 15) is 9.59 Å². The lowest BCUT2D eigenvalue weighted by Crippen LogP contribution is -2.46. The second-order valence-corrected chi connectivity index (χ2v) is 5.51. The Morgan fingerprint density at radius 1 is 1.39 bits per heavy atom. The summed E-state index contributed by atoms with van der Waals surface area (Å²) in [5, 5.41) is 11.9. The van der Waals surface area contributed by atoms with Gasteiger partial charge in [0.1, 0.15) is 0 Å². The van der Waals surface area contributed by atoms with Crippen molar-refractivity contribution in [3.8, 4) is 0 Å². The molecule has 18 heavy (non-hydrogen) atoms. The lowest BCUT2D eigenvalue weighted by molar-refractivity contribution is -0.144. The molecule has 1 rings (SSSR count). The first-order valence-corrected chi connectivity index (χ1v) is 6.64. The maximum absolute atomic E-state index is 11.8. The van der Waals surface area contributed by atoms with E-state index in [0.29, 0.717) is 19.0 Å². The molecular formula is C13H24N2O3. The zero-order chi connectivity index (χ0) is 13.7. The first-order valence-electron chi connectivity index (χ1n) is 6.64. The quantitative estimate of drug-likeness (QED) is 0.768. The number of nitrogens with one attached hydrogen (secondary N) is 1. The highest BCUT2D eigenvalue weighted by Gasteiger charge is 2.26. The van der Waals surface area contributed by atoms with Crippen molar-refractivity contribution in [3.05, 3.63) is 0 Å². The average Bonchev–Trinajstić information content (AvgIpc) is 2.28. The summed E-state index contributed by atoms with van der Waals surface area (Å²) in [6, 6.07) is 0.151. The van der Waals surface area contributed by atoms with Crippen LogP contribution >= 0.6 is 0 Å². The summed E-state index contributed by atoms with van der Waals surface area (Å²) in [5.41, 5.74) is 0. The van der Waals surface area contributed by atoms with Crippen LogP contribution in [0.2, 0.25) is 0 Å². The monoisotopic (exact) mass is 256 g/mol. The number of nitrogens with zero attached hydrogens (tertiary/aromatic N) is 1. The number of likely N-dealkylation sites (tertiary alicyclic amines) is 1. The second kappa shape index (κ2) is 6.73. The van der Waals surface area contributed by atoms with E-state index in [1.165, 1.54) is 0 Å². The number of carbonyl (C=O) groups is 2. The maximum atomic E-state index is 11.8. The molecule has 104 valence electrons. The van der Waals surface area contributed by atoms with Gasteiger partial charge in [0.05, 0.1) is 12.5 Å². The van der Waals surface area contributed by atoms with Gasteiger partial charge < -0.3 is 10.4 Å². The van der Waals surface area contributed by atoms with E-state index in [1.54, 1.807) is 0 Å². The molecule has 1 amide bonds. The summed E-state index contributed by atoms with van der Waals surface area (Å²) in [6.45, 7) is 7.71. The smallest absolute Gasteiger partial charge is 0.307 e. The summed E-state index contributed by atoms with van der Waals surface area (Å²) in [4.78, 5) is 24.7. The number of hydrogen-bond acceptors (Lipinski definition) is 3. The van der Waals surface area contributed by atoms with Gasteiger partial charge in [-0.15, -0.1) is 0 Å². The molecule has 1 saturated heterocycles. The van der Waals surface area contributed by atoms with Crippen LogP contribution in [0, 0.1) is 11.8 Å². The van der Waals surface area contributed by atoms with Gasteiger partial charge in [0.15, 0.2) is 0 Å². The van der Waals surface area contributed by atoms with Gasteiger partial charge in [0.25, 0.3) is 0 Å². The number of carboxylic acid groups (broad SMARTS) is 1. The molecule has 0 spiro atoms. The molecule has 0 bridgehead atoms. The van der Waals surface area contributed by atoms with Gasteiger partial charge in [-0.2, -0.15) is 0 Å². The molecule has 1 fully saturated rings. The molecule has 2 atom stereocenters. The third kappa shape index (κ3) is 4.64. The molecular weight excluding hydrogens is 232 g/mol. The zero-order valence-corrected chi connectivity index (χ0v) is 11.5. The first kappa shape index (κ1) is 15.0. The number of aliphatic carboxylic acids is 1. The van der Waals surface area contributed by atoms with Gasteiger partial charge in [-0.25, -0.2) is 0 Å². The van der Waals surface area contributed by atoms with Crippen LogP contribution in [0.1, 0.15) is 33.6 Å². The average molecular weight is 256 g/mol. The highest BCUT2D eigenvalue weighted by atomic mass is 16.4. The molecule has 1 aliphatic rings. The molecule has 2 unspecified atom stereocenters. The Bertz CT molecular complexity index is 305. The fraction of sp³-hybridized carbons (Fsp3) is 0.846. The van der Waals surface area contributed by atoms with E-state index in [2.05, 4.69) is 19.2 Å². The molecule has 1 aliphatic heterocycles. The topological polar surface area (TPSA) is 69.6 Å². The molecule has 0 aromatic heterocycles. The molecule has 5 nitrogen and oxygen atoms in total. The highest BCUT2D eigenvalue weighted by molar-refractivity contribution is 5.78. The molecule has 0 radical (unpaired) electrons. The Balaban J connectivity index is 2.37. The Labute approximate surface area is 109 Å². The molecule has 0 aliphatic carbocycles. The van der Waals surface area contributed by atoms with Crippen LogP contribution in [-0.2, 0) is 9.59 Å². The van der Waals surface area contributed by atoms with Crippen molar-refractivity contribution in [2.24, 2.45) is 11.8 Å². The van der Waals surface area contributed by atoms with Crippen LogP contribution in [0.4, 0.5) is 0 Å². The number of rotatable bonds is 5. The number of hydrogen-bond donors (Lipinski definition) is 2. The van der Waals surface area contributed by atoms with Crippen molar-refractivity contribution in [2.45, 2.75) is 39.7 Å². The minimum Gasteiger partial charge on any atom is -0.481 e. The summed E-state index contributed by atoms with van der Waals surface area (Å²) < 4.78 is 0. The zero-order valence-electron chi connectivity index (χ0n) is 11.5. The van der Waals surface area contributed by atoms with E-state index in [-0.39, 0.29) is 17.9 Å². The Kier molecular flexibility index (Phi) is 5.59. The van der Waals surface area contributed by atoms with Crippen molar-refractivity contribution >= 4 is 11.9 Å². The van der Waals surface area contributed by atoms with Crippen molar-refractivity contribution in [2.75, 3.05) is 19.6 Å². The largest absolute Gasteiger partial charge is 0.481 e. The van der Waals surface area contributed by atoms with E-state index >= 15 is 0 Å². The Morgan fingerprint density at radius 3 is 2.61 bits per heavy atom. The lowest BCUT2D eigenvalue weighted by Gasteiger charge is -2.30. The molecule has 2 N–H and O–H groups in total. The van der Waals surface area contributed by atoms with Gasteiger partial charge in [-0.1, -0.05) is 13.8 Å². The predicted octanol–water partition coefficient (Wildman–Crippen LogP) is 0.944. The number of amides is 1. The molecule has 0 aromatic rings. The summed E-state index contributed by atoms with van der Waals surface area (Å²) in [7, 11) is 0. The Morgan fingerprint density at radius 2 is 2.06 bits per heavy atom. The van der Waals surface area contributed by atoms with Gasteiger partial charge in [-0.3, -0.25) is 14.5 Å². The minimum absolute atomic E-state index is 0.0118. The normalized spacial score (nSPS) is 22.8. The van der Waals surface area contributed by atoms with E-state index in [4.69, 9.17) is 5.11 Å². The van der Waals surface area contributed by atoms with Gasteiger partial charge in [0, 0.05) is 12.6 Å². The third-order valence-electron chi connectivity index (χ3n) is 3.61. The summed E-state index contributed by atoms with van der Waals surface area (Å²) >= 11 is 0. The first-order chi connectivity index (χ1) is 8.40. The SMILES string of the molecule is CC(C)C(C)NC(=O)CN1CCCC(C(=O)O)C1. The Hall–Kier alpha value is -1.10. The van der Waals surface area contributed by atoms with E-state index < -0.39 is 5.97 Å². The van der Waals surface area contributed by atoms with Crippen molar-refractivity contribution < 1.29 is 14.7 Å². The predicted molar refractivity (Wildman–Crippen MR) is 69.2 cm³/mol. The molecule has 0 aromatic carbocycles. The van der Waals surface area contributed by atoms with E-state index in [1.807, 2.05) is 11.8 Å². The number of carbonyl (C=O) groups excluding carboxylic acids is 1. The van der Waals surface area contributed by atoms with Crippen LogP contribution in [-0.4, -0.2) is 47.6 Å². The second-order valence-electron chi connectivity index (χ2n) is 5.51. The fourth-order valence-corrected chi connectivity index (χ4v) is 2.07. The lowest BCUT2D eigenvalue weighted by atomic mass is 9.98. The summed E-state index contributed by atoms with van der Waals surface area (Å²) in [6.07, 6.45) is 1.57. The van der Waals surface area contributed by atoms with Gasteiger partial charge in [-0.05, 0) is 32.2 Å². The molecule has 0 saturated carbocycles. The van der Waals surface area contributed by atoms with E-state index in [0.717, 1.165) is 19.4 Å². The third-order valence-corrected chi connectivity index (χ3v) is 3.61. The molecule has 1 heterocycles. The van der Waals surface area contributed by atoms with Crippen LogP contribution in [0.15, 0.2) is 0 Å². The fourth-order valence-electron chi connectivity index (χ4n) is 2.07. The summed E-state index contributed by atoms with van der Waals surface area (Å²) in [5.74, 6) is -0.686. The van der Waals surface area contributed by atoms with Crippen LogP contribution in [0.3, 0.4) is 0 Å². The number of carboxylic acids is 1. The van der Waals surface area contributed by atoms with Gasteiger partial charge in [0.2, 0.25) is 5.91 Å². The maximum Gasteiger partial charge on any atom is 0.307 e. The van der Waals surface area contributed by atoms with Crippen molar-refractivity contribution in [1.29, 1.82) is 0 Å². The highest BCUT2D eigenvalue weighted by Crippen LogP contribution is 2.16. The van der Waals surface area contributed by atoms with Crippen LogP contribution < -0.4 is 5.32 Å². The minimum atomic E-state index is -0.754. The van der Waals surface area contributed by atoms with Gasteiger partial charge >= 0.3 is 5.97 Å². The van der Waals surface area contributed by atoms with Crippen LogP contribution in [0.5, 0.6) is 0 Å². The number of piperidine rings is 1. The molecule has 5 heteroatoms. The van der Waals surface area contributed by atoms with Crippen molar-refractivity contribution in [1.82, 2.24) is 10.2 Å².